The van der Waals surface area contributed by atoms with Crippen LogP contribution >= 0.6 is 11.3 Å². The maximum atomic E-state index is 12.2. The molecule has 0 bridgehead atoms. The van der Waals surface area contributed by atoms with Gasteiger partial charge in [0.15, 0.2) is 0 Å². The molecule has 0 saturated carbocycles. The van der Waals surface area contributed by atoms with E-state index in [-0.39, 0.29) is 5.91 Å². The highest BCUT2D eigenvalue weighted by Crippen LogP contribution is 2.26. The third kappa shape index (κ3) is 2.54. The summed E-state index contributed by atoms with van der Waals surface area (Å²) in [5.41, 5.74) is 1.57. The van der Waals surface area contributed by atoms with E-state index in [0.717, 1.165) is 42.3 Å². The van der Waals surface area contributed by atoms with Gasteiger partial charge in [-0.1, -0.05) is 0 Å². The normalized spacial score (nSPS) is 14.6. The van der Waals surface area contributed by atoms with Crippen molar-refractivity contribution in [2.24, 2.45) is 0 Å². The van der Waals surface area contributed by atoms with Gasteiger partial charge < -0.3 is 9.64 Å². The molecule has 2 heterocycles. The van der Waals surface area contributed by atoms with E-state index in [9.17, 15) is 4.79 Å². The number of ether oxygens (including phenoxy) is 1. The second-order valence-corrected chi connectivity index (χ2v) is 5.62. The molecule has 1 fully saturated rings. The summed E-state index contributed by atoms with van der Waals surface area (Å²) in [6.07, 6.45) is 2.20. The van der Waals surface area contributed by atoms with Gasteiger partial charge in [0.25, 0.3) is 5.91 Å². The first-order chi connectivity index (χ1) is 9.78. The van der Waals surface area contributed by atoms with Gasteiger partial charge in [0, 0.05) is 24.0 Å². The number of hydrogen-bond acceptors (Lipinski definition) is 4. The summed E-state index contributed by atoms with van der Waals surface area (Å²) in [6, 6.07) is 7.72. The lowest BCUT2D eigenvalue weighted by atomic mass is 10.2. The Morgan fingerprint density at radius 1 is 1.25 bits per heavy atom. The molecule has 0 atom stereocenters. The molecule has 4 nitrogen and oxygen atoms in total. The zero-order chi connectivity index (χ0) is 13.9. The Kier molecular flexibility index (Phi) is 3.69. The van der Waals surface area contributed by atoms with E-state index in [2.05, 4.69) is 4.98 Å². The highest BCUT2D eigenvalue weighted by Gasteiger charge is 2.21. The van der Waals surface area contributed by atoms with Gasteiger partial charge in [-0.3, -0.25) is 4.79 Å². The van der Waals surface area contributed by atoms with Gasteiger partial charge >= 0.3 is 0 Å². The molecule has 0 unspecified atom stereocenters. The minimum Gasteiger partial charge on any atom is -0.497 e. The lowest BCUT2D eigenvalue weighted by molar-refractivity contribution is 0.0788. The summed E-state index contributed by atoms with van der Waals surface area (Å²) in [7, 11) is 1.64. The number of amides is 1. The van der Waals surface area contributed by atoms with Crippen LogP contribution in [0, 0.1) is 0 Å². The first-order valence-electron chi connectivity index (χ1n) is 6.67. The van der Waals surface area contributed by atoms with E-state index in [4.69, 9.17) is 4.74 Å². The molecule has 1 aliphatic heterocycles. The Bertz CT molecular complexity index is 601. The minimum absolute atomic E-state index is 0.0542. The van der Waals surface area contributed by atoms with Crippen LogP contribution in [0.2, 0.25) is 0 Å². The summed E-state index contributed by atoms with van der Waals surface area (Å²) >= 11 is 1.50. The van der Waals surface area contributed by atoms with Crippen LogP contribution in [-0.2, 0) is 0 Å². The maximum absolute atomic E-state index is 12.2. The summed E-state index contributed by atoms with van der Waals surface area (Å²) in [5.74, 6) is 0.872. The van der Waals surface area contributed by atoms with Gasteiger partial charge in [0.2, 0.25) is 0 Å². The van der Waals surface area contributed by atoms with Crippen LogP contribution in [0.25, 0.3) is 10.6 Å². The average Bonchev–Trinajstić information content (AvgIpc) is 3.18. The van der Waals surface area contributed by atoms with Crippen molar-refractivity contribution in [3.8, 4) is 16.3 Å². The largest absolute Gasteiger partial charge is 0.497 e. The summed E-state index contributed by atoms with van der Waals surface area (Å²) in [4.78, 5) is 18.6. The van der Waals surface area contributed by atoms with Crippen LogP contribution < -0.4 is 4.74 Å². The van der Waals surface area contributed by atoms with Crippen LogP contribution in [0.4, 0.5) is 0 Å². The van der Waals surface area contributed by atoms with E-state index >= 15 is 0 Å². The van der Waals surface area contributed by atoms with Crippen LogP contribution in [-0.4, -0.2) is 36.0 Å². The Hall–Kier alpha value is -1.88. The number of nitrogens with zero attached hydrogens (tertiary/aromatic N) is 2. The van der Waals surface area contributed by atoms with Gasteiger partial charge in [0.1, 0.15) is 16.5 Å². The lowest BCUT2D eigenvalue weighted by Crippen LogP contribution is -2.27. The molecule has 0 spiro atoms. The number of rotatable bonds is 3. The highest BCUT2D eigenvalue weighted by atomic mass is 32.1. The maximum Gasteiger partial charge on any atom is 0.273 e. The molecule has 5 heteroatoms. The predicted molar refractivity (Wildman–Crippen MR) is 79.2 cm³/mol. The average molecular weight is 288 g/mol. The van der Waals surface area contributed by atoms with Crippen molar-refractivity contribution in [2.45, 2.75) is 12.8 Å². The molecule has 104 valence electrons. The predicted octanol–water partition coefficient (Wildman–Crippen LogP) is 3.05. The highest BCUT2D eigenvalue weighted by molar-refractivity contribution is 7.13. The second-order valence-electron chi connectivity index (χ2n) is 4.77. The Morgan fingerprint density at radius 2 is 1.95 bits per heavy atom. The van der Waals surface area contributed by atoms with Crippen molar-refractivity contribution in [3.63, 3.8) is 0 Å². The summed E-state index contributed by atoms with van der Waals surface area (Å²) in [6.45, 7) is 1.71. The third-order valence-corrected chi connectivity index (χ3v) is 4.34. The fraction of sp³-hybridized carbons (Fsp3) is 0.333. The summed E-state index contributed by atoms with van der Waals surface area (Å²) in [5, 5.41) is 2.72. The Balaban J connectivity index is 1.80. The van der Waals surface area contributed by atoms with Crippen molar-refractivity contribution >= 4 is 17.2 Å². The molecular weight excluding hydrogens is 272 g/mol. The standard InChI is InChI=1S/C15H16N2O2S/c1-19-12-6-4-11(5-7-12)14-16-13(10-20-14)15(18)17-8-2-3-9-17/h4-7,10H,2-3,8-9H2,1H3. The molecule has 2 aromatic rings. The quantitative estimate of drug-likeness (QED) is 0.871. The van der Waals surface area contributed by atoms with E-state index in [0.29, 0.717) is 5.69 Å². The fourth-order valence-electron chi connectivity index (χ4n) is 2.32. The lowest BCUT2D eigenvalue weighted by Gasteiger charge is -2.12. The van der Waals surface area contributed by atoms with Crippen molar-refractivity contribution in [1.82, 2.24) is 9.88 Å². The second kappa shape index (κ2) is 5.63. The number of thiazole rings is 1. The molecule has 0 radical (unpaired) electrons. The molecule has 1 aromatic heterocycles. The Labute approximate surface area is 122 Å². The number of carbonyl (C=O) groups is 1. The van der Waals surface area contributed by atoms with Gasteiger partial charge in [0.05, 0.1) is 7.11 Å². The van der Waals surface area contributed by atoms with Crippen LogP contribution in [0.3, 0.4) is 0 Å². The van der Waals surface area contributed by atoms with Crippen molar-refractivity contribution in [1.29, 1.82) is 0 Å². The fourth-order valence-corrected chi connectivity index (χ4v) is 3.12. The van der Waals surface area contributed by atoms with Crippen LogP contribution in [0.5, 0.6) is 5.75 Å². The minimum atomic E-state index is 0.0542. The van der Waals surface area contributed by atoms with E-state index < -0.39 is 0 Å². The Morgan fingerprint density at radius 3 is 2.60 bits per heavy atom. The first-order valence-corrected chi connectivity index (χ1v) is 7.55. The molecular formula is C15H16N2O2S. The molecule has 20 heavy (non-hydrogen) atoms. The smallest absolute Gasteiger partial charge is 0.273 e. The zero-order valence-corrected chi connectivity index (χ0v) is 12.2. The van der Waals surface area contributed by atoms with Gasteiger partial charge in [-0.2, -0.15) is 0 Å². The number of carbonyl (C=O) groups excluding carboxylic acids is 1. The molecule has 0 aliphatic carbocycles. The number of methoxy groups -OCH3 is 1. The monoisotopic (exact) mass is 288 g/mol. The number of likely N-dealkylation sites (tertiary alicyclic amines) is 1. The van der Waals surface area contributed by atoms with Gasteiger partial charge in [-0.05, 0) is 37.1 Å². The first kappa shape index (κ1) is 13.1. The number of aromatic nitrogens is 1. The molecule has 3 rings (SSSR count). The van der Waals surface area contributed by atoms with Crippen LogP contribution in [0.15, 0.2) is 29.6 Å². The molecule has 1 aromatic carbocycles. The third-order valence-electron chi connectivity index (χ3n) is 3.45. The van der Waals surface area contributed by atoms with E-state index in [1.807, 2.05) is 34.5 Å². The number of benzene rings is 1. The molecule has 1 amide bonds. The SMILES string of the molecule is COc1ccc(-c2nc(C(=O)N3CCCC3)cs2)cc1. The summed E-state index contributed by atoms with van der Waals surface area (Å²) < 4.78 is 5.14. The van der Waals surface area contributed by atoms with Crippen molar-refractivity contribution in [2.75, 3.05) is 20.2 Å². The zero-order valence-electron chi connectivity index (χ0n) is 11.3. The van der Waals surface area contributed by atoms with Gasteiger partial charge in [-0.25, -0.2) is 4.98 Å². The van der Waals surface area contributed by atoms with Crippen LogP contribution in [0.1, 0.15) is 23.3 Å². The molecule has 1 saturated heterocycles. The topological polar surface area (TPSA) is 42.4 Å². The van der Waals surface area contributed by atoms with Crippen molar-refractivity contribution < 1.29 is 9.53 Å². The van der Waals surface area contributed by atoms with E-state index in [1.54, 1.807) is 7.11 Å². The molecule has 1 aliphatic rings. The van der Waals surface area contributed by atoms with E-state index in [1.165, 1.54) is 11.3 Å². The van der Waals surface area contributed by atoms with Crippen molar-refractivity contribution in [3.05, 3.63) is 35.3 Å². The molecule has 0 N–H and O–H groups in total. The number of hydrogen-bond donors (Lipinski definition) is 0. The van der Waals surface area contributed by atoms with Gasteiger partial charge in [-0.15, -0.1) is 11.3 Å².